The van der Waals surface area contributed by atoms with Crippen LogP contribution in [-0.4, -0.2) is 40.9 Å². The zero-order valence-corrected chi connectivity index (χ0v) is 17.3. The second kappa shape index (κ2) is 8.00. The van der Waals surface area contributed by atoms with Gasteiger partial charge in [0.25, 0.3) is 5.91 Å². The number of urea groups is 1. The SMILES string of the molecule is O=C1NC(c2ccccc2)(c2ccccc2)C(=O)N1C1CCN(Cc2ccccc2)C1. The summed E-state index contributed by atoms with van der Waals surface area (Å²) in [6.45, 7) is 2.37. The first kappa shape index (κ1) is 19.5. The van der Waals surface area contributed by atoms with E-state index in [1.54, 1.807) is 0 Å². The maximum Gasteiger partial charge on any atom is 0.325 e. The predicted octanol–water partition coefficient (Wildman–Crippen LogP) is 3.76. The molecule has 0 bridgehead atoms. The number of nitrogens with one attached hydrogen (secondary N) is 1. The topological polar surface area (TPSA) is 52.7 Å². The normalized spacial score (nSPS) is 20.8. The number of carbonyl (C=O) groups is 2. The van der Waals surface area contributed by atoms with Crippen LogP contribution in [0.25, 0.3) is 0 Å². The van der Waals surface area contributed by atoms with Gasteiger partial charge in [0.1, 0.15) is 0 Å². The molecule has 3 aromatic rings. The average molecular weight is 412 g/mol. The summed E-state index contributed by atoms with van der Waals surface area (Å²) in [5.74, 6) is -0.193. The molecule has 0 saturated carbocycles. The summed E-state index contributed by atoms with van der Waals surface area (Å²) < 4.78 is 0. The van der Waals surface area contributed by atoms with Crippen LogP contribution in [0.3, 0.4) is 0 Å². The lowest BCUT2D eigenvalue weighted by molar-refractivity contribution is -0.131. The fourth-order valence-corrected chi connectivity index (χ4v) is 4.82. The van der Waals surface area contributed by atoms with Crippen molar-refractivity contribution in [3.63, 3.8) is 0 Å². The quantitative estimate of drug-likeness (QED) is 0.651. The van der Waals surface area contributed by atoms with Crippen LogP contribution >= 0.6 is 0 Å². The lowest BCUT2D eigenvalue weighted by Crippen LogP contribution is -2.46. The summed E-state index contributed by atoms with van der Waals surface area (Å²) in [6.07, 6.45) is 0.783. The number of hydrogen-bond acceptors (Lipinski definition) is 3. The molecule has 0 spiro atoms. The molecule has 1 atom stereocenters. The van der Waals surface area contributed by atoms with Crippen LogP contribution in [0.15, 0.2) is 91.0 Å². The van der Waals surface area contributed by atoms with Gasteiger partial charge in [-0.25, -0.2) is 4.79 Å². The lowest BCUT2D eigenvalue weighted by atomic mass is 9.82. The van der Waals surface area contributed by atoms with Crippen molar-refractivity contribution in [2.45, 2.75) is 24.5 Å². The Morgan fingerprint density at radius 3 is 1.94 bits per heavy atom. The highest BCUT2D eigenvalue weighted by Crippen LogP contribution is 2.37. The van der Waals surface area contributed by atoms with Crippen LogP contribution in [0.4, 0.5) is 4.79 Å². The highest BCUT2D eigenvalue weighted by molar-refractivity contribution is 6.10. The zero-order chi connectivity index (χ0) is 21.3. The Labute approximate surface area is 182 Å². The van der Waals surface area contributed by atoms with Crippen LogP contribution in [0, 0.1) is 0 Å². The molecule has 1 N–H and O–H groups in total. The number of hydrogen-bond donors (Lipinski definition) is 1. The van der Waals surface area contributed by atoms with Crippen molar-refractivity contribution in [2.24, 2.45) is 0 Å². The molecule has 3 aromatic carbocycles. The first-order chi connectivity index (χ1) is 15.2. The molecule has 2 saturated heterocycles. The van der Waals surface area contributed by atoms with Crippen LogP contribution < -0.4 is 5.32 Å². The van der Waals surface area contributed by atoms with Crippen molar-refractivity contribution in [3.8, 4) is 0 Å². The third-order valence-electron chi connectivity index (χ3n) is 6.33. The fraction of sp³-hybridized carbons (Fsp3) is 0.231. The molecule has 0 radical (unpaired) electrons. The molecule has 2 aliphatic rings. The number of likely N-dealkylation sites (tertiary alicyclic amines) is 1. The van der Waals surface area contributed by atoms with Crippen LogP contribution in [0.2, 0.25) is 0 Å². The minimum Gasteiger partial charge on any atom is -0.315 e. The van der Waals surface area contributed by atoms with E-state index in [0.29, 0.717) is 6.54 Å². The van der Waals surface area contributed by atoms with E-state index >= 15 is 0 Å². The fourth-order valence-electron chi connectivity index (χ4n) is 4.82. The predicted molar refractivity (Wildman–Crippen MR) is 119 cm³/mol. The molecule has 0 aliphatic carbocycles. The van der Waals surface area contributed by atoms with E-state index in [1.165, 1.54) is 10.5 Å². The maximum atomic E-state index is 13.9. The van der Waals surface area contributed by atoms with Crippen molar-refractivity contribution in [1.29, 1.82) is 0 Å². The van der Waals surface area contributed by atoms with Gasteiger partial charge in [0.2, 0.25) is 0 Å². The molecule has 0 aromatic heterocycles. The lowest BCUT2D eigenvalue weighted by Gasteiger charge is -2.29. The Kier molecular flexibility index (Phi) is 5.04. The third-order valence-corrected chi connectivity index (χ3v) is 6.33. The van der Waals surface area contributed by atoms with Crippen LogP contribution in [0.1, 0.15) is 23.1 Å². The van der Waals surface area contributed by atoms with Crippen molar-refractivity contribution in [2.75, 3.05) is 13.1 Å². The number of nitrogens with zero attached hydrogens (tertiary/aromatic N) is 2. The number of rotatable bonds is 5. The summed E-state index contributed by atoms with van der Waals surface area (Å²) >= 11 is 0. The molecule has 2 heterocycles. The molecule has 2 fully saturated rings. The molecule has 1 unspecified atom stereocenters. The second-order valence-corrected chi connectivity index (χ2v) is 8.25. The van der Waals surface area contributed by atoms with Crippen molar-refractivity contribution in [3.05, 3.63) is 108 Å². The molecule has 5 rings (SSSR count). The summed E-state index contributed by atoms with van der Waals surface area (Å²) in [4.78, 5) is 30.9. The van der Waals surface area contributed by atoms with E-state index in [1.807, 2.05) is 78.9 Å². The second-order valence-electron chi connectivity index (χ2n) is 8.25. The summed E-state index contributed by atoms with van der Waals surface area (Å²) in [5.41, 5.74) is 1.61. The van der Waals surface area contributed by atoms with E-state index in [-0.39, 0.29) is 18.0 Å². The highest BCUT2D eigenvalue weighted by atomic mass is 16.2. The molecule has 5 nitrogen and oxygen atoms in total. The Balaban J connectivity index is 1.44. The molecular weight excluding hydrogens is 386 g/mol. The highest BCUT2D eigenvalue weighted by Gasteiger charge is 2.56. The Morgan fingerprint density at radius 2 is 1.35 bits per heavy atom. The Morgan fingerprint density at radius 1 is 0.806 bits per heavy atom. The zero-order valence-electron chi connectivity index (χ0n) is 17.3. The van der Waals surface area contributed by atoms with Crippen LogP contribution in [-0.2, 0) is 16.9 Å². The Hall–Kier alpha value is -3.44. The minimum atomic E-state index is -1.19. The van der Waals surface area contributed by atoms with Gasteiger partial charge in [0.05, 0.1) is 6.04 Å². The first-order valence-corrected chi connectivity index (χ1v) is 10.7. The van der Waals surface area contributed by atoms with E-state index in [4.69, 9.17) is 0 Å². The largest absolute Gasteiger partial charge is 0.325 e. The van der Waals surface area contributed by atoms with E-state index in [9.17, 15) is 9.59 Å². The molecule has 3 amide bonds. The molecule has 31 heavy (non-hydrogen) atoms. The molecule has 5 heteroatoms. The van der Waals surface area contributed by atoms with Gasteiger partial charge in [-0.1, -0.05) is 91.0 Å². The third kappa shape index (κ3) is 3.41. The number of imide groups is 1. The minimum absolute atomic E-state index is 0.134. The number of amides is 3. The van der Waals surface area contributed by atoms with E-state index in [0.717, 1.165) is 30.6 Å². The van der Waals surface area contributed by atoms with Gasteiger partial charge < -0.3 is 5.32 Å². The van der Waals surface area contributed by atoms with Crippen LogP contribution in [0.5, 0.6) is 0 Å². The van der Waals surface area contributed by atoms with Gasteiger partial charge in [0.15, 0.2) is 5.54 Å². The monoisotopic (exact) mass is 411 g/mol. The summed E-state index contributed by atoms with van der Waals surface area (Å²) in [5, 5.41) is 3.06. The molecule has 2 aliphatic heterocycles. The molecular formula is C26H25N3O2. The smallest absolute Gasteiger partial charge is 0.315 e. The van der Waals surface area contributed by atoms with Gasteiger partial charge in [-0.15, -0.1) is 0 Å². The maximum absolute atomic E-state index is 13.9. The van der Waals surface area contributed by atoms with Gasteiger partial charge >= 0.3 is 6.03 Å². The van der Waals surface area contributed by atoms with Crippen molar-refractivity contribution in [1.82, 2.24) is 15.1 Å². The number of benzene rings is 3. The summed E-state index contributed by atoms with van der Waals surface area (Å²) in [6, 6.07) is 28.9. The van der Waals surface area contributed by atoms with E-state index < -0.39 is 5.54 Å². The Bertz CT molecular complexity index is 1030. The van der Waals surface area contributed by atoms with Crippen molar-refractivity contribution < 1.29 is 9.59 Å². The summed E-state index contributed by atoms with van der Waals surface area (Å²) in [7, 11) is 0. The molecule has 156 valence electrons. The van der Waals surface area contributed by atoms with Gasteiger partial charge in [-0.3, -0.25) is 14.6 Å². The first-order valence-electron chi connectivity index (χ1n) is 10.7. The van der Waals surface area contributed by atoms with Gasteiger partial charge in [-0.2, -0.15) is 0 Å². The average Bonchev–Trinajstić information content (AvgIpc) is 3.37. The van der Waals surface area contributed by atoms with Gasteiger partial charge in [-0.05, 0) is 23.1 Å². The van der Waals surface area contributed by atoms with E-state index in [2.05, 4.69) is 22.3 Å². The standard InChI is InChI=1S/C26H25N3O2/c30-24-26(21-12-6-2-7-13-21,22-14-8-3-9-15-22)27-25(31)29(24)23-16-17-28(19-23)18-20-10-4-1-5-11-20/h1-15,23H,16-19H2,(H,27,31). The number of carbonyl (C=O) groups excluding carboxylic acids is 2. The van der Waals surface area contributed by atoms with Gasteiger partial charge in [0, 0.05) is 19.6 Å². The van der Waals surface area contributed by atoms with Crippen molar-refractivity contribution >= 4 is 11.9 Å².